The predicted molar refractivity (Wildman–Crippen MR) is 316 cm³/mol. The number of fused-ring (bicyclic) bond motifs is 4. The fourth-order valence-electron chi connectivity index (χ4n) is 12.1. The Bertz CT molecular complexity index is 3110. The number of amides is 2. The number of nitrogens with zero attached hydrogens (tertiary/aromatic N) is 4. The molecule has 21 nitrogen and oxygen atoms in total. The molecule has 4 unspecified atom stereocenters. The number of piperidine rings is 5. The van der Waals surface area contributed by atoms with Crippen molar-refractivity contribution in [2.75, 3.05) is 40.3 Å². The zero-order chi connectivity index (χ0) is 65.5. The van der Waals surface area contributed by atoms with Crippen molar-refractivity contribution in [2.24, 2.45) is 0 Å². The van der Waals surface area contributed by atoms with Crippen LogP contribution < -0.4 is 18.9 Å². The smallest absolute Gasteiger partial charge is 0.410 e. The molecule has 0 spiro atoms. The number of ether oxygens (including phenoxy) is 7. The Morgan fingerprint density at radius 3 is 1.08 bits per heavy atom. The Morgan fingerprint density at radius 1 is 0.456 bits per heavy atom. The van der Waals surface area contributed by atoms with E-state index in [4.69, 9.17) is 43.4 Å². The Morgan fingerprint density at radius 2 is 0.767 bits per heavy atom. The third kappa shape index (κ3) is 18.0. The number of hydrogen-bond acceptors (Lipinski definition) is 17. The van der Waals surface area contributed by atoms with Gasteiger partial charge in [-0.05, 0) is 156 Å². The largest absolute Gasteiger partial charge is 0.489 e. The standard InChI is InChI=1S/C31H36F2N2O5.2C17H22FNO6/c1-34-20-4-3-5-21(34)15-24(14-20)38-28-12-18(32)6-10-26(28)30(36)40-31(37)27-11-7-19(33)13-29(27)39-25-16-22-8-9-23(17-25)35(22)2;2*1-17(2,3)25-16(23)19-7-6-13(12(20)9-19)24-14-8-10(18)4-5-11(14)15(21)22/h6-7,10-13,20-25H,3-5,8-9,14-17H2,1-2H3;2*4-5,8,12-13,20H,6-7,9H2,1-3H3,(H,21,22)/t;2*12-,13-/m.10/s1. The fourth-order valence-corrected chi connectivity index (χ4v) is 12.1. The zero-order valence-corrected chi connectivity index (χ0v) is 51.7. The Balaban J connectivity index is 0.000000183. The molecule has 0 aromatic heterocycles. The first-order chi connectivity index (χ1) is 42.4. The van der Waals surface area contributed by atoms with Gasteiger partial charge in [0.25, 0.3) is 0 Å². The molecule has 0 radical (unpaired) electrons. The molecule has 490 valence electrons. The molecule has 6 aliphatic rings. The van der Waals surface area contributed by atoms with Crippen LogP contribution in [0.1, 0.15) is 154 Å². The van der Waals surface area contributed by atoms with E-state index in [0.29, 0.717) is 24.2 Å². The van der Waals surface area contributed by atoms with Gasteiger partial charge in [-0.2, -0.15) is 0 Å². The molecular formula is C65H80F4N4O17. The third-order valence-corrected chi connectivity index (χ3v) is 16.7. The second-order valence-electron chi connectivity index (χ2n) is 25.6. The second kappa shape index (κ2) is 29.0. The molecule has 90 heavy (non-hydrogen) atoms. The quantitative estimate of drug-likeness (QED) is 0.0445. The number of aliphatic hydroxyl groups excluding tert-OH is 2. The molecule has 4 bridgehead atoms. The molecule has 6 fully saturated rings. The van der Waals surface area contributed by atoms with Crippen molar-refractivity contribution in [3.05, 3.63) is 118 Å². The SMILES string of the molecule is CC(C)(C)OC(=O)N1CC[C@@H](Oc2cc(F)ccc2C(=O)O)[C@H](O)C1.CC(C)(C)OC(=O)N1CC[C@H](Oc2cc(F)ccc2C(=O)O)[C@@H](O)C1.CN1C2CCCC1CC(Oc1cc(F)ccc1C(=O)OC(=O)c1ccc(F)cc1OC1CC3CCC(C1)N3C)C2. The number of likely N-dealkylation sites (tertiary alicyclic amines) is 2. The van der Waals surface area contributed by atoms with Crippen LogP contribution in [0.2, 0.25) is 0 Å². The maximum absolute atomic E-state index is 14.2. The first-order valence-corrected chi connectivity index (χ1v) is 30.2. The van der Waals surface area contributed by atoms with Gasteiger partial charge in [-0.3, -0.25) is 0 Å². The molecule has 0 aliphatic carbocycles. The molecule has 6 aliphatic heterocycles. The maximum atomic E-state index is 14.2. The molecule has 0 saturated carbocycles. The molecule has 6 heterocycles. The summed E-state index contributed by atoms with van der Waals surface area (Å²) < 4.78 is 94.2. The van der Waals surface area contributed by atoms with Crippen LogP contribution in [-0.2, 0) is 14.2 Å². The molecule has 8 atom stereocenters. The van der Waals surface area contributed by atoms with Crippen molar-refractivity contribution >= 4 is 36.1 Å². The van der Waals surface area contributed by atoms with Crippen LogP contribution in [0.3, 0.4) is 0 Å². The van der Waals surface area contributed by atoms with Crippen molar-refractivity contribution in [2.45, 2.75) is 184 Å². The summed E-state index contributed by atoms with van der Waals surface area (Å²) in [5, 5.41) is 38.7. The highest BCUT2D eigenvalue weighted by atomic mass is 19.1. The number of carboxylic acids is 2. The third-order valence-electron chi connectivity index (χ3n) is 16.7. The van der Waals surface area contributed by atoms with E-state index in [2.05, 4.69) is 23.9 Å². The summed E-state index contributed by atoms with van der Waals surface area (Å²) in [5.41, 5.74) is -1.74. The number of carbonyl (C=O) groups excluding carboxylic acids is 4. The maximum Gasteiger partial charge on any atom is 0.410 e. The van der Waals surface area contributed by atoms with Crippen LogP contribution >= 0.6 is 0 Å². The number of hydrogen-bond donors (Lipinski definition) is 4. The number of carboxylic acid groups (broad SMARTS) is 2. The Kier molecular flexibility index (Phi) is 22.0. The lowest BCUT2D eigenvalue weighted by Gasteiger charge is -2.46. The van der Waals surface area contributed by atoms with E-state index in [1.165, 1.54) is 28.4 Å². The van der Waals surface area contributed by atoms with Crippen molar-refractivity contribution in [1.29, 1.82) is 0 Å². The van der Waals surface area contributed by atoms with Gasteiger partial charge in [0.05, 0.1) is 13.1 Å². The second-order valence-corrected chi connectivity index (χ2v) is 25.6. The van der Waals surface area contributed by atoms with E-state index in [-0.39, 0.29) is 96.5 Å². The lowest BCUT2D eigenvalue weighted by molar-refractivity contribution is -0.0380. The Hall–Kier alpha value is -7.74. The van der Waals surface area contributed by atoms with Crippen LogP contribution in [0.5, 0.6) is 23.0 Å². The highest BCUT2D eigenvalue weighted by molar-refractivity contribution is 6.05. The van der Waals surface area contributed by atoms with E-state index in [0.717, 1.165) is 112 Å². The first kappa shape index (κ1) is 68.2. The topological polar surface area (TPSA) is 261 Å². The van der Waals surface area contributed by atoms with E-state index in [1.54, 1.807) is 41.5 Å². The van der Waals surface area contributed by atoms with Gasteiger partial charge in [0.15, 0.2) is 0 Å². The van der Waals surface area contributed by atoms with Crippen molar-refractivity contribution in [3.8, 4) is 23.0 Å². The van der Waals surface area contributed by atoms with Gasteiger partial charge in [0.1, 0.15) is 116 Å². The van der Waals surface area contributed by atoms with Crippen LogP contribution in [0.25, 0.3) is 0 Å². The predicted octanol–water partition coefficient (Wildman–Crippen LogP) is 9.91. The average molecular weight is 1270 g/mol. The van der Waals surface area contributed by atoms with Gasteiger partial charge in [-0.1, -0.05) is 6.42 Å². The van der Waals surface area contributed by atoms with Crippen molar-refractivity contribution < 1.29 is 99.9 Å². The molecule has 6 saturated heterocycles. The molecule has 4 aromatic carbocycles. The lowest BCUT2D eigenvalue weighted by Crippen LogP contribution is -2.52. The van der Waals surface area contributed by atoms with Gasteiger partial charge in [0, 0.05) is 74.4 Å². The minimum absolute atomic E-state index is 0.0166. The van der Waals surface area contributed by atoms with Gasteiger partial charge in [-0.25, -0.2) is 46.3 Å². The van der Waals surface area contributed by atoms with Gasteiger partial charge < -0.3 is 73.2 Å². The molecule has 2 amide bonds. The summed E-state index contributed by atoms with van der Waals surface area (Å²) in [4.78, 5) is 80.3. The summed E-state index contributed by atoms with van der Waals surface area (Å²) in [7, 11) is 4.24. The molecule has 25 heteroatoms. The van der Waals surface area contributed by atoms with E-state index < -0.39 is 95.0 Å². The first-order valence-electron chi connectivity index (χ1n) is 30.2. The number of carbonyl (C=O) groups is 6. The minimum Gasteiger partial charge on any atom is -0.489 e. The van der Waals surface area contributed by atoms with Gasteiger partial charge in [0.2, 0.25) is 0 Å². The average Bonchev–Trinajstić information content (AvgIpc) is 2.42. The minimum atomic E-state index is -1.25. The molecule has 4 N–H and O–H groups in total. The number of aliphatic hydroxyl groups is 2. The number of β-amino-alcohol motifs (C(OH)–C–C–N with tert-alkyl or cyclic N) is 2. The summed E-state index contributed by atoms with van der Waals surface area (Å²) in [6, 6.07) is 14.9. The van der Waals surface area contributed by atoms with Crippen LogP contribution in [0, 0.1) is 23.3 Å². The molecule has 10 rings (SSSR count). The number of halogens is 4. The van der Waals surface area contributed by atoms with Crippen LogP contribution in [0.4, 0.5) is 27.2 Å². The highest BCUT2D eigenvalue weighted by Gasteiger charge is 2.42. The zero-order valence-electron chi connectivity index (χ0n) is 51.7. The van der Waals surface area contributed by atoms with Crippen LogP contribution in [0.15, 0.2) is 72.8 Å². The number of rotatable bonds is 12. The van der Waals surface area contributed by atoms with Crippen molar-refractivity contribution in [1.82, 2.24) is 19.6 Å². The number of aromatic carboxylic acids is 2. The lowest BCUT2D eigenvalue weighted by atomic mass is 9.83. The number of esters is 2. The van der Waals surface area contributed by atoms with E-state index >= 15 is 0 Å². The summed E-state index contributed by atoms with van der Waals surface area (Å²) in [6.07, 6.45) is 4.17. The van der Waals surface area contributed by atoms with E-state index in [1.807, 2.05) is 0 Å². The van der Waals surface area contributed by atoms with E-state index in [9.17, 15) is 56.5 Å². The fraction of sp³-hybridized carbons (Fsp3) is 0.538. The Labute approximate surface area is 519 Å². The number of benzene rings is 4. The van der Waals surface area contributed by atoms with Crippen LogP contribution in [-0.4, -0.2) is 188 Å². The molecular weight excluding hydrogens is 1180 g/mol. The van der Waals surface area contributed by atoms with Gasteiger partial charge in [-0.15, -0.1) is 0 Å². The normalized spacial score (nSPS) is 25.0. The summed E-state index contributed by atoms with van der Waals surface area (Å²) >= 11 is 0. The van der Waals surface area contributed by atoms with Crippen molar-refractivity contribution in [3.63, 3.8) is 0 Å². The summed E-state index contributed by atoms with van der Waals surface area (Å²) in [6.45, 7) is 11.0. The molecule has 4 aromatic rings. The monoisotopic (exact) mass is 1260 g/mol. The summed E-state index contributed by atoms with van der Waals surface area (Å²) in [5.74, 6) is -6.99. The van der Waals surface area contributed by atoms with Gasteiger partial charge >= 0.3 is 36.1 Å². The highest BCUT2D eigenvalue weighted by Crippen LogP contribution is 2.39.